The first kappa shape index (κ1) is 16.6. The second-order valence-electron chi connectivity index (χ2n) is 7.05. The number of hydrogen-bond acceptors (Lipinski definition) is 3. The van der Waals surface area contributed by atoms with E-state index in [9.17, 15) is 4.79 Å². The molecular weight excluding hydrogens is 346 g/mol. The van der Waals surface area contributed by atoms with E-state index in [1.54, 1.807) is 12.4 Å². The van der Waals surface area contributed by atoms with Crippen LogP contribution in [-0.2, 0) is 13.0 Å². The first-order valence-corrected chi connectivity index (χ1v) is 9.46. The molecule has 0 spiro atoms. The number of amides is 1. The Kier molecular flexibility index (Phi) is 4.09. The average Bonchev–Trinajstić information content (AvgIpc) is 3.08. The molecule has 0 saturated heterocycles. The minimum Gasteiger partial charge on any atom is -0.334 e. The molecular formula is C24H19N3O. The fraction of sp³-hybridized carbons (Fsp3) is 0.125. The molecule has 1 amide bonds. The number of hydrogen-bond donors (Lipinski definition) is 0. The Morgan fingerprint density at radius 2 is 1.75 bits per heavy atom. The molecule has 0 fully saturated rings. The normalized spacial score (nSPS) is 13.1. The third-order valence-corrected chi connectivity index (χ3v) is 5.30. The molecule has 2 aromatic carbocycles. The monoisotopic (exact) mass is 365 g/mol. The van der Waals surface area contributed by atoms with Crippen molar-refractivity contribution >= 4 is 16.8 Å². The summed E-state index contributed by atoms with van der Waals surface area (Å²) in [4.78, 5) is 23.8. The highest BCUT2D eigenvalue weighted by atomic mass is 16.2. The van der Waals surface area contributed by atoms with Crippen LogP contribution in [0.5, 0.6) is 0 Å². The highest BCUT2D eigenvalue weighted by Crippen LogP contribution is 2.32. The van der Waals surface area contributed by atoms with Crippen LogP contribution in [0.3, 0.4) is 0 Å². The van der Waals surface area contributed by atoms with Crippen LogP contribution >= 0.6 is 0 Å². The van der Waals surface area contributed by atoms with Gasteiger partial charge in [-0.1, -0.05) is 42.5 Å². The summed E-state index contributed by atoms with van der Waals surface area (Å²) in [5.74, 6) is 0.100. The molecule has 0 unspecified atom stereocenters. The summed E-state index contributed by atoms with van der Waals surface area (Å²) < 4.78 is 0. The second kappa shape index (κ2) is 6.89. The fourth-order valence-electron chi connectivity index (χ4n) is 3.87. The Morgan fingerprint density at radius 1 is 0.893 bits per heavy atom. The van der Waals surface area contributed by atoms with Crippen LogP contribution in [0.4, 0.5) is 0 Å². The van der Waals surface area contributed by atoms with Crippen LogP contribution in [0, 0.1) is 0 Å². The van der Waals surface area contributed by atoms with E-state index in [0.29, 0.717) is 13.1 Å². The molecule has 1 aliphatic rings. The van der Waals surface area contributed by atoms with Crippen LogP contribution in [0.1, 0.15) is 21.6 Å². The Morgan fingerprint density at radius 3 is 2.64 bits per heavy atom. The minimum atomic E-state index is 0.100. The zero-order chi connectivity index (χ0) is 18.9. The minimum absolute atomic E-state index is 0.100. The quantitative estimate of drug-likeness (QED) is 0.535. The third-order valence-electron chi connectivity index (χ3n) is 5.30. The van der Waals surface area contributed by atoms with Gasteiger partial charge in [0, 0.05) is 43.0 Å². The molecule has 4 nitrogen and oxygen atoms in total. The Labute approximate surface area is 163 Å². The van der Waals surface area contributed by atoms with Gasteiger partial charge in [-0.3, -0.25) is 14.8 Å². The highest BCUT2D eigenvalue weighted by molar-refractivity contribution is 6.04. The van der Waals surface area contributed by atoms with E-state index in [0.717, 1.165) is 45.3 Å². The van der Waals surface area contributed by atoms with Crippen molar-refractivity contribution in [3.63, 3.8) is 0 Å². The predicted octanol–water partition coefficient (Wildman–Crippen LogP) is 4.50. The molecule has 136 valence electrons. The molecule has 0 N–H and O–H groups in total. The van der Waals surface area contributed by atoms with Crippen LogP contribution in [0.2, 0.25) is 0 Å². The van der Waals surface area contributed by atoms with E-state index in [1.165, 1.54) is 0 Å². The third kappa shape index (κ3) is 2.93. The van der Waals surface area contributed by atoms with Gasteiger partial charge in [0.25, 0.3) is 5.91 Å². The predicted molar refractivity (Wildman–Crippen MR) is 110 cm³/mol. The lowest BCUT2D eigenvalue weighted by Crippen LogP contribution is -2.26. The van der Waals surface area contributed by atoms with Crippen molar-refractivity contribution in [2.75, 3.05) is 6.54 Å². The largest absolute Gasteiger partial charge is 0.334 e. The summed E-state index contributed by atoms with van der Waals surface area (Å²) >= 11 is 0. The van der Waals surface area contributed by atoms with Gasteiger partial charge in [0.1, 0.15) is 0 Å². The zero-order valence-corrected chi connectivity index (χ0v) is 15.4. The van der Waals surface area contributed by atoms with Crippen LogP contribution in [0.25, 0.3) is 22.0 Å². The van der Waals surface area contributed by atoms with Crippen LogP contribution in [-0.4, -0.2) is 27.3 Å². The SMILES string of the molecule is O=C1c2c(cccc2-c2ccncc2)CN1CCc1ccc2ccccc2n1. The van der Waals surface area contributed by atoms with Gasteiger partial charge in [0.15, 0.2) is 0 Å². The maximum atomic E-state index is 13.1. The van der Waals surface area contributed by atoms with Crippen molar-refractivity contribution in [2.24, 2.45) is 0 Å². The Balaban J connectivity index is 1.38. The van der Waals surface area contributed by atoms with Crippen molar-refractivity contribution in [1.29, 1.82) is 0 Å². The molecule has 2 aromatic heterocycles. The molecule has 1 aliphatic heterocycles. The van der Waals surface area contributed by atoms with Gasteiger partial charge < -0.3 is 4.90 Å². The Hall–Kier alpha value is -3.53. The molecule has 0 radical (unpaired) electrons. The number of para-hydroxylation sites is 1. The first-order chi connectivity index (χ1) is 13.8. The van der Waals surface area contributed by atoms with E-state index >= 15 is 0 Å². The summed E-state index contributed by atoms with van der Waals surface area (Å²) in [7, 11) is 0. The van der Waals surface area contributed by atoms with E-state index in [-0.39, 0.29) is 5.91 Å². The van der Waals surface area contributed by atoms with E-state index in [2.05, 4.69) is 23.2 Å². The number of aromatic nitrogens is 2. The van der Waals surface area contributed by atoms with E-state index in [4.69, 9.17) is 4.98 Å². The lowest BCUT2D eigenvalue weighted by molar-refractivity contribution is 0.0780. The molecule has 5 rings (SSSR count). The number of pyridine rings is 2. The first-order valence-electron chi connectivity index (χ1n) is 9.46. The standard InChI is InChI=1S/C24H19N3O/c28-24-23-19(5-3-6-21(23)17-10-13-25-14-11-17)16-27(24)15-12-20-9-8-18-4-1-2-7-22(18)26-20/h1-11,13-14H,12,15-16H2. The molecule has 28 heavy (non-hydrogen) atoms. The molecule has 4 heteroatoms. The maximum absolute atomic E-state index is 13.1. The summed E-state index contributed by atoms with van der Waals surface area (Å²) in [6.45, 7) is 1.31. The van der Waals surface area contributed by atoms with Crippen molar-refractivity contribution in [2.45, 2.75) is 13.0 Å². The van der Waals surface area contributed by atoms with Gasteiger partial charge in [-0.15, -0.1) is 0 Å². The van der Waals surface area contributed by atoms with Crippen molar-refractivity contribution in [3.05, 3.63) is 95.9 Å². The zero-order valence-electron chi connectivity index (χ0n) is 15.4. The summed E-state index contributed by atoms with van der Waals surface area (Å²) in [5, 5.41) is 1.14. The number of benzene rings is 2. The van der Waals surface area contributed by atoms with Gasteiger partial charge >= 0.3 is 0 Å². The molecule has 0 bridgehead atoms. The molecule has 3 heterocycles. The maximum Gasteiger partial charge on any atom is 0.255 e. The van der Waals surface area contributed by atoms with Crippen molar-refractivity contribution in [3.8, 4) is 11.1 Å². The van der Waals surface area contributed by atoms with Crippen molar-refractivity contribution in [1.82, 2.24) is 14.9 Å². The number of carbonyl (C=O) groups is 1. The van der Waals surface area contributed by atoms with Gasteiger partial charge in [0.05, 0.1) is 11.1 Å². The van der Waals surface area contributed by atoms with Crippen LogP contribution in [0.15, 0.2) is 79.1 Å². The molecule has 0 aliphatic carbocycles. The highest BCUT2D eigenvalue weighted by Gasteiger charge is 2.29. The van der Waals surface area contributed by atoms with Gasteiger partial charge in [-0.25, -0.2) is 0 Å². The smallest absolute Gasteiger partial charge is 0.255 e. The van der Waals surface area contributed by atoms with Gasteiger partial charge in [-0.05, 0) is 41.0 Å². The fourth-order valence-corrected chi connectivity index (χ4v) is 3.87. The summed E-state index contributed by atoms with van der Waals surface area (Å²) in [6, 6.07) is 22.2. The number of fused-ring (bicyclic) bond motifs is 2. The lowest BCUT2D eigenvalue weighted by Gasteiger charge is -2.15. The number of nitrogens with zero attached hydrogens (tertiary/aromatic N) is 3. The number of carbonyl (C=O) groups excluding carboxylic acids is 1. The molecule has 4 aromatic rings. The lowest BCUT2D eigenvalue weighted by atomic mass is 9.97. The molecule has 0 saturated carbocycles. The van der Waals surface area contributed by atoms with E-state index < -0.39 is 0 Å². The van der Waals surface area contributed by atoms with Crippen molar-refractivity contribution < 1.29 is 4.79 Å². The average molecular weight is 365 g/mol. The Bertz CT molecular complexity index is 1170. The number of rotatable bonds is 4. The van der Waals surface area contributed by atoms with Gasteiger partial charge in [0.2, 0.25) is 0 Å². The summed E-state index contributed by atoms with van der Waals surface area (Å²) in [5.41, 5.74) is 5.92. The second-order valence-corrected chi connectivity index (χ2v) is 7.05. The van der Waals surface area contributed by atoms with Crippen LogP contribution < -0.4 is 0 Å². The topological polar surface area (TPSA) is 46.1 Å². The van der Waals surface area contributed by atoms with Gasteiger partial charge in [-0.2, -0.15) is 0 Å². The molecule has 0 atom stereocenters. The van der Waals surface area contributed by atoms with E-state index in [1.807, 2.05) is 53.4 Å². The summed E-state index contributed by atoms with van der Waals surface area (Å²) in [6.07, 6.45) is 4.27.